The zero-order valence-corrected chi connectivity index (χ0v) is 11.1. The van der Waals surface area contributed by atoms with E-state index in [0.29, 0.717) is 17.4 Å². The quantitative estimate of drug-likeness (QED) is 0.876. The summed E-state index contributed by atoms with van der Waals surface area (Å²) in [6, 6.07) is 7.20. The molecule has 6 heteroatoms. The largest absolute Gasteiger partial charge is 0.339 e. The van der Waals surface area contributed by atoms with E-state index in [1.807, 2.05) is 6.07 Å². The Morgan fingerprint density at radius 2 is 2.16 bits per heavy atom. The van der Waals surface area contributed by atoms with Crippen molar-refractivity contribution in [2.24, 2.45) is 5.73 Å². The SMILES string of the molecule is Cc1nc(-c2cccc(NC(=O)C(C)(C)N)c2)no1. The Kier molecular flexibility index (Phi) is 3.35. The lowest BCUT2D eigenvalue weighted by atomic mass is 10.1. The molecule has 0 aliphatic rings. The van der Waals surface area contributed by atoms with E-state index in [1.165, 1.54) is 0 Å². The second-order valence-electron chi connectivity index (χ2n) is 4.89. The minimum absolute atomic E-state index is 0.256. The number of carbonyl (C=O) groups is 1. The molecule has 0 bridgehead atoms. The molecule has 0 aliphatic heterocycles. The second kappa shape index (κ2) is 4.81. The molecule has 1 amide bonds. The molecule has 0 fully saturated rings. The van der Waals surface area contributed by atoms with Crippen molar-refractivity contribution in [3.8, 4) is 11.4 Å². The monoisotopic (exact) mass is 260 g/mol. The zero-order valence-electron chi connectivity index (χ0n) is 11.1. The highest BCUT2D eigenvalue weighted by Gasteiger charge is 2.21. The van der Waals surface area contributed by atoms with E-state index in [4.69, 9.17) is 10.3 Å². The normalized spacial score (nSPS) is 11.4. The Bertz CT molecular complexity index is 599. The summed E-state index contributed by atoms with van der Waals surface area (Å²) in [7, 11) is 0. The standard InChI is InChI=1S/C13H16N4O2/c1-8-15-11(17-19-8)9-5-4-6-10(7-9)16-12(18)13(2,3)14/h4-7H,14H2,1-3H3,(H,16,18). The van der Waals surface area contributed by atoms with Crippen molar-refractivity contribution in [3.63, 3.8) is 0 Å². The first-order valence-corrected chi connectivity index (χ1v) is 5.87. The van der Waals surface area contributed by atoms with Gasteiger partial charge in [0.1, 0.15) is 0 Å². The van der Waals surface area contributed by atoms with Crippen LogP contribution in [0.4, 0.5) is 5.69 Å². The van der Waals surface area contributed by atoms with Crippen LogP contribution in [0.25, 0.3) is 11.4 Å². The van der Waals surface area contributed by atoms with Gasteiger partial charge in [0.2, 0.25) is 17.6 Å². The third kappa shape index (κ3) is 3.17. The van der Waals surface area contributed by atoms with E-state index in [9.17, 15) is 4.79 Å². The predicted octanol–water partition coefficient (Wildman–Crippen LogP) is 1.72. The molecule has 3 N–H and O–H groups in total. The maximum atomic E-state index is 11.8. The topological polar surface area (TPSA) is 94.0 Å². The molecule has 19 heavy (non-hydrogen) atoms. The molecule has 1 aromatic heterocycles. The summed E-state index contributed by atoms with van der Waals surface area (Å²) in [6.07, 6.45) is 0. The van der Waals surface area contributed by atoms with Crippen molar-refractivity contribution in [3.05, 3.63) is 30.2 Å². The summed E-state index contributed by atoms with van der Waals surface area (Å²) in [6.45, 7) is 5.02. The second-order valence-corrected chi connectivity index (χ2v) is 4.89. The number of nitrogens with two attached hydrogens (primary N) is 1. The number of carbonyl (C=O) groups excluding carboxylic acids is 1. The molecule has 0 spiro atoms. The van der Waals surface area contributed by atoms with Crippen molar-refractivity contribution >= 4 is 11.6 Å². The van der Waals surface area contributed by atoms with E-state index in [2.05, 4.69) is 15.5 Å². The van der Waals surface area contributed by atoms with Crippen LogP contribution in [0.3, 0.4) is 0 Å². The molecule has 0 saturated heterocycles. The number of aromatic nitrogens is 2. The maximum absolute atomic E-state index is 11.8. The van der Waals surface area contributed by atoms with Crippen LogP contribution in [-0.4, -0.2) is 21.6 Å². The molecule has 0 unspecified atom stereocenters. The van der Waals surface area contributed by atoms with Crippen LogP contribution >= 0.6 is 0 Å². The number of anilines is 1. The summed E-state index contributed by atoms with van der Waals surface area (Å²) in [5.41, 5.74) is 6.21. The molecule has 1 aromatic carbocycles. The van der Waals surface area contributed by atoms with E-state index in [1.54, 1.807) is 39.0 Å². The van der Waals surface area contributed by atoms with Gasteiger partial charge in [-0.2, -0.15) is 4.98 Å². The van der Waals surface area contributed by atoms with Crippen LogP contribution in [0.2, 0.25) is 0 Å². The molecule has 0 atom stereocenters. The molecular formula is C13H16N4O2. The van der Waals surface area contributed by atoms with Crippen LogP contribution in [0, 0.1) is 6.92 Å². The molecule has 100 valence electrons. The molecule has 0 saturated carbocycles. The lowest BCUT2D eigenvalue weighted by Gasteiger charge is -2.17. The van der Waals surface area contributed by atoms with Gasteiger partial charge in [-0.05, 0) is 26.0 Å². The maximum Gasteiger partial charge on any atom is 0.243 e. The van der Waals surface area contributed by atoms with Gasteiger partial charge in [0, 0.05) is 18.2 Å². The highest BCUT2D eigenvalue weighted by atomic mass is 16.5. The Labute approximate surface area is 111 Å². The van der Waals surface area contributed by atoms with Crippen molar-refractivity contribution in [1.82, 2.24) is 10.1 Å². The summed E-state index contributed by atoms with van der Waals surface area (Å²) >= 11 is 0. The van der Waals surface area contributed by atoms with E-state index >= 15 is 0 Å². The summed E-state index contributed by atoms with van der Waals surface area (Å²) in [5.74, 6) is 0.724. The van der Waals surface area contributed by atoms with Crippen molar-refractivity contribution in [2.75, 3.05) is 5.32 Å². The number of hydrogen-bond acceptors (Lipinski definition) is 5. The van der Waals surface area contributed by atoms with Gasteiger partial charge in [0.25, 0.3) is 0 Å². The van der Waals surface area contributed by atoms with Crippen LogP contribution in [0.15, 0.2) is 28.8 Å². The van der Waals surface area contributed by atoms with Gasteiger partial charge < -0.3 is 15.6 Å². The van der Waals surface area contributed by atoms with E-state index in [0.717, 1.165) is 5.56 Å². The van der Waals surface area contributed by atoms with E-state index in [-0.39, 0.29) is 5.91 Å². The Morgan fingerprint density at radius 1 is 1.42 bits per heavy atom. The smallest absolute Gasteiger partial charge is 0.243 e. The molecular weight excluding hydrogens is 244 g/mol. The molecule has 2 rings (SSSR count). The molecule has 0 aliphatic carbocycles. The van der Waals surface area contributed by atoms with Gasteiger partial charge in [-0.25, -0.2) is 0 Å². The summed E-state index contributed by atoms with van der Waals surface area (Å²) in [5, 5.41) is 6.58. The molecule has 6 nitrogen and oxygen atoms in total. The zero-order chi connectivity index (χ0) is 14.0. The van der Waals surface area contributed by atoms with Crippen molar-refractivity contribution < 1.29 is 9.32 Å². The van der Waals surface area contributed by atoms with Gasteiger partial charge >= 0.3 is 0 Å². The number of nitrogens with one attached hydrogen (secondary N) is 1. The average Bonchev–Trinajstić information content (AvgIpc) is 2.75. The fraction of sp³-hybridized carbons (Fsp3) is 0.308. The highest BCUT2D eigenvalue weighted by Crippen LogP contribution is 2.20. The van der Waals surface area contributed by atoms with Gasteiger partial charge in [0.05, 0.1) is 5.54 Å². The first kappa shape index (κ1) is 13.2. The average molecular weight is 260 g/mol. The number of amides is 1. The molecule has 2 aromatic rings. The molecule has 0 radical (unpaired) electrons. The third-order valence-corrected chi connectivity index (χ3v) is 2.49. The number of benzene rings is 1. The lowest BCUT2D eigenvalue weighted by Crippen LogP contribution is -2.45. The number of hydrogen-bond donors (Lipinski definition) is 2. The highest BCUT2D eigenvalue weighted by molar-refractivity contribution is 5.97. The van der Waals surface area contributed by atoms with Gasteiger partial charge in [-0.1, -0.05) is 17.3 Å². The van der Waals surface area contributed by atoms with E-state index < -0.39 is 5.54 Å². The Balaban J connectivity index is 2.23. The third-order valence-electron chi connectivity index (χ3n) is 2.49. The van der Waals surface area contributed by atoms with Gasteiger partial charge in [0.15, 0.2) is 0 Å². The fourth-order valence-electron chi connectivity index (χ4n) is 1.44. The minimum Gasteiger partial charge on any atom is -0.339 e. The Morgan fingerprint density at radius 3 is 2.74 bits per heavy atom. The lowest BCUT2D eigenvalue weighted by molar-refractivity contribution is -0.120. The summed E-state index contributed by atoms with van der Waals surface area (Å²) < 4.78 is 4.93. The first-order valence-electron chi connectivity index (χ1n) is 5.87. The first-order chi connectivity index (χ1) is 8.86. The fourth-order valence-corrected chi connectivity index (χ4v) is 1.44. The summed E-state index contributed by atoms with van der Waals surface area (Å²) in [4.78, 5) is 15.9. The Hall–Kier alpha value is -2.21. The predicted molar refractivity (Wildman–Crippen MR) is 71.4 cm³/mol. The molecule has 1 heterocycles. The van der Waals surface area contributed by atoms with Crippen LogP contribution in [0.1, 0.15) is 19.7 Å². The number of aryl methyl sites for hydroxylation is 1. The van der Waals surface area contributed by atoms with Crippen LogP contribution in [-0.2, 0) is 4.79 Å². The van der Waals surface area contributed by atoms with Crippen molar-refractivity contribution in [1.29, 1.82) is 0 Å². The minimum atomic E-state index is -0.932. The van der Waals surface area contributed by atoms with Crippen LogP contribution in [0.5, 0.6) is 0 Å². The number of nitrogens with zero attached hydrogens (tertiary/aromatic N) is 2. The van der Waals surface area contributed by atoms with Gasteiger partial charge in [-0.15, -0.1) is 0 Å². The number of rotatable bonds is 3. The van der Waals surface area contributed by atoms with Crippen molar-refractivity contribution in [2.45, 2.75) is 26.3 Å². The van der Waals surface area contributed by atoms with Gasteiger partial charge in [-0.3, -0.25) is 4.79 Å². The van der Waals surface area contributed by atoms with Crippen LogP contribution < -0.4 is 11.1 Å².